The van der Waals surface area contributed by atoms with Crippen molar-refractivity contribution < 1.29 is 23.9 Å². The van der Waals surface area contributed by atoms with Crippen molar-refractivity contribution in [2.45, 2.75) is 20.3 Å². The van der Waals surface area contributed by atoms with Gasteiger partial charge in [0.25, 0.3) is 0 Å². The molecule has 0 saturated carbocycles. The zero-order valence-corrected chi connectivity index (χ0v) is 16.2. The van der Waals surface area contributed by atoms with Gasteiger partial charge < -0.3 is 19.7 Å². The molecule has 2 amide bonds. The van der Waals surface area contributed by atoms with Crippen molar-refractivity contribution in [1.82, 2.24) is 0 Å². The average Bonchev–Trinajstić information content (AvgIpc) is 2.69. The Hall–Kier alpha value is -3.35. The lowest BCUT2D eigenvalue weighted by Gasteiger charge is -2.21. The maximum absolute atomic E-state index is 12.4. The van der Waals surface area contributed by atoms with E-state index in [1.807, 2.05) is 0 Å². The zero-order valence-electron chi connectivity index (χ0n) is 16.2. The van der Waals surface area contributed by atoms with Crippen molar-refractivity contribution in [3.63, 3.8) is 0 Å². The number of carbonyl (C=O) groups excluding carboxylic acids is 3. The lowest BCUT2D eigenvalue weighted by atomic mass is 10.1. The summed E-state index contributed by atoms with van der Waals surface area (Å²) in [5.74, 6) is -0.302. The van der Waals surface area contributed by atoms with Crippen molar-refractivity contribution in [1.29, 1.82) is 0 Å². The summed E-state index contributed by atoms with van der Waals surface area (Å²) in [7, 11) is 1.57. The minimum atomic E-state index is -0.498. The van der Waals surface area contributed by atoms with Crippen LogP contribution in [0.4, 0.5) is 11.4 Å². The SMILES string of the molecule is CCOC(=O)c1ccccc1NC(=O)CCN(C(C)=O)c1ccc(OC)cc1. The maximum Gasteiger partial charge on any atom is 0.340 e. The molecule has 2 rings (SSSR count). The topological polar surface area (TPSA) is 84.9 Å². The monoisotopic (exact) mass is 384 g/mol. The van der Waals surface area contributed by atoms with Gasteiger partial charge >= 0.3 is 5.97 Å². The highest BCUT2D eigenvalue weighted by Crippen LogP contribution is 2.20. The Morgan fingerprint density at radius 2 is 1.71 bits per heavy atom. The fourth-order valence-electron chi connectivity index (χ4n) is 2.64. The number of benzene rings is 2. The highest BCUT2D eigenvalue weighted by atomic mass is 16.5. The Kier molecular flexibility index (Phi) is 7.56. The van der Waals surface area contributed by atoms with Gasteiger partial charge in [0.2, 0.25) is 11.8 Å². The molecule has 0 heterocycles. The molecule has 0 spiro atoms. The fraction of sp³-hybridized carbons (Fsp3) is 0.286. The summed E-state index contributed by atoms with van der Waals surface area (Å²) < 4.78 is 10.1. The average molecular weight is 384 g/mol. The second kappa shape index (κ2) is 10.1. The predicted molar refractivity (Wildman–Crippen MR) is 107 cm³/mol. The number of methoxy groups -OCH3 is 1. The van der Waals surface area contributed by atoms with Crippen LogP contribution in [0.3, 0.4) is 0 Å². The maximum atomic E-state index is 12.4. The molecule has 1 N–H and O–H groups in total. The molecule has 7 heteroatoms. The van der Waals surface area contributed by atoms with Crippen molar-refractivity contribution in [3.05, 3.63) is 54.1 Å². The molecule has 7 nitrogen and oxygen atoms in total. The first-order valence-electron chi connectivity index (χ1n) is 8.94. The summed E-state index contributed by atoms with van der Waals surface area (Å²) in [5.41, 5.74) is 1.34. The van der Waals surface area contributed by atoms with Crippen molar-refractivity contribution >= 4 is 29.2 Å². The number of ether oxygens (including phenoxy) is 2. The van der Waals surface area contributed by atoms with Crippen LogP contribution in [0.25, 0.3) is 0 Å². The smallest absolute Gasteiger partial charge is 0.340 e. The van der Waals surface area contributed by atoms with Crippen LogP contribution in [-0.2, 0) is 14.3 Å². The van der Waals surface area contributed by atoms with Gasteiger partial charge in [-0.2, -0.15) is 0 Å². The van der Waals surface area contributed by atoms with Crippen LogP contribution in [0, 0.1) is 0 Å². The molecule has 0 aliphatic heterocycles. The van der Waals surface area contributed by atoms with Crippen LogP contribution < -0.4 is 15.0 Å². The first kappa shape index (κ1) is 21.0. The highest BCUT2D eigenvalue weighted by Gasteiger charge is 2.16. The Balaban J connectivity index is 2.04. The fourth-order valence-corrected chi connectivity index (χ4v) is 2.64. The Morgan fingerprint density at radius 1 is 1.04 bits per heavy atom. The summed E-state index contributed by atoms with van der Waals surface area (Å²) in [5, 5.41) is 2.72. The second-order valence-corrected chi connectivity index (χ2v) is 5.93. The summed E-state index contributed by atoms with van der Waals surface area (Å²) in [6.45, 7) is 3.61. The quantitative estimate of drug-likeness (QED) is 0.706. The van der Waals surface area contributed by atoms with Crippen LogP contribution in [0.1, 0.15) is 30.6 Å². The first-order valence-corrected chi connectivity index (χ1v) is 8.94. The molecule has 0 aliphatic carbocycles. The number of anilines is 2. The molecular formula is C21H24N2O5. The van der Waals surface area contributed by atoms with Gasteiger partial charge in [-0.25, -0.2) is 4.79 Å². The highest BCUT2D eigenvalue weighted by molar-refractivity contribution is 6.01. The number of amides is 2. The largest absolute Gasteiger partial charge is 0.497 e. The molecule has 0 atom stereocenters. The number of carbonyl (C=O) groups is 3. The third-order valence-electron chi connectivity index (χ3n) is 4.02. The van der Waals surface area contributed by atoms with Crippen molar-refractivity contribution in [2.75, 3.05) is 30.5 Å². The predicted octanol–water partition coefficient (Wildman–Crippen LogP) is 3.25. The van der Waals surface area contributed by atoms with Crippen LogP contribution in [0.5, 0.6) is 5.75 Å². The molecule has 0 unspecified atom stereocenters. The molecule has 2 aromatic carbocycles. The lowest BCUT2D eigenvalue weighted by molar-refractivity contribution is -0.117. The van der Waals surface area contributed by atoms with E-state index in [4.69, 9.17) is 9.47 Å². The molecule has 0 saturated heterocycles. The third-order valence-corrected chi connectivity index (χ3v) is 4.02. The minimum Gasteiger partial charge on any atom is -0.497 e. The van der Waals surface area contributed by atoms with E-state index in [9.17, 15) is 14.4 Å². The number of hydrogen-bond acceptors (Lipinski definition) is 5. The minimum absolute atomic E-state index is 0.0722. The molecule has 0 aromatic heterocycles. The van der Waals surface area contributed by atoms with Crippen LogP contribution >= 0.6 is 0 Å². The van der Waals surface area contributed by atoms with E-state index in [1.165, 1.54) is 11.8 Å². The van der Waals surface area contributed by atoms with Gasteiger partial charge in [0.15, 0.2) is 0 Å². The summed E-state index contributed by atoms with van der Waals surface area (Å²) in [6.07, 6.45) is 0.0722. The van der Waals surface area contributed by atoms with Gasteiger partial charge in [0.1, 0.15) is 5.75 Å². The van der Waals surface area contributed by atoms with Gasteiger partial charge in [-0.05, 0) is 43.3 Å². The Bertz CT molecular complexity index is 833. The summed E-state index contributed by atoms with van der Waals surface area (Å²) >= 11 is 0. The van der Waals surface area contributed by atoms with Crippen molar-refractivity contribution in [2.24, 2.45) is 0 Å². The number of para-hydroxylation sites is 1. The molecule has 148 valence electrons. The molecular weight excluding hydrogens is 360 g/mol. The molecule has 2 aromatic rings. The Morgan fingerprint density at radius 3 is 2.32 bits per heavy atom. The Labute approximate surface area is 164 Å². The van der Waals surface area contributed by atoms with Crippen LogP contribution in [-0.4, -0.2) is 38.0 Å². The van der Waals surface area contributed by atoms with Gasteiger partial charge in [0.05, 0.1) is 25.0 Å². The number of nitrogens with one attached hydrogen (secondary N) is 1. The van der Waals surface area contributed by atoms with Gasteiger partial charge in [-0.3, -0.25) is 9.59 Å². The van der Waals surface area contributed by atoms with Crippen molar-refractivity contribution in [3.8, 4) is 5.75 Å². The zero-order chi connectivity index (χ0) is 20.5. The number of esters is 1. The normalized spacial score (nSPS) is 10.1. The number of nitrogens with zero attached hydrogens (tertiary/aromatic N) is 1. The van der Waals surface area contributed by atoms with E-state index in [0.717, 1.165) is 0 Å². The van der Waals surface area contributed by atoms with E-state index >= 15 is 0 Å². The van der Waals surface area contributed by atoms with Gasteiger partial charge in [0, 0.05) is 25.6 Å². The number of hydrogen-bond donors (Lipinski definition) is 1. The number of rotatable bonds is 8. The summed E-state index contributed by atoms with van der Waals surface area (Å²) in [4.78, 5) is 37.9. The van der Waals surface area contributed by atoms with E-state index in [0.29, 0.717) is 17.1 Å². The molecule has 0 aliphatic rings. The van der Waals surface area contributed by atoms with Crippen LogP contribution in [0.2, 0.25) is 0 Å². The van der Waals surface area contributed by atoms with Gasteiger partial charge in [-0.15, -0.1) is 0 Å². The van der Waals surface area contributed by atoms with Crippen LogP contribution in [0.15, 0.2) is 48.5 Å². The first-order chi connectivity index (χ1) is 13.5. The lowest BCUT2D eigenvalue weighted by Crippen LogP contribution is -2.32. The van der Waals surface area contributed by atoms with E-state index in [2.05, 4.69) is 5.32 Å². The second-order valence-electron chi connectivity index (χ2n) is 5.93. The molecule has 0 radical (unpaired) electrons. The molecule has 28 heavy (non-hydrogen) atoms. The molecule has 0 bridgehead atoms. The van der Waals surface area contributed by atoms with E-state index < -0.39 is 5.97 Å². The standard InChI is InChI=1S/C21H24N2O5/c1-4-28-21(26)18-7-5-6-8-19(18)22-20(25)13-14-23(15(2)24)16-9-11-17(27-3)12-10-16/h5-12H,4,13-14H2,1-3H3,(H,22,25). The van der Waals surface area contributed by atoms with Gasteiger partial charge in [-0.1, -0.05) is 12.1 Å². The summed E-state index contributed by atoms with van der Waals surface area (Å²) in [6, 6.07) is 13.7. The molecule has 0 fully saturated rings. The van der Waals surface area contributed by atoms with E-state index in [1.54, 1.807) is 62.6 Å². The van der Waals surface area contributed by atoms with E-state index in [-0.39, 0.29) is 37.0 Å². The third kappa shape index (κ3) is 5.57.